The molecule has 1 unspecified atom stereocenters. The van der Waals surface area contributed by atoms with Gasteiger partial charge in [-0.1, -0.05) is 19.9 Å². The van der Waals surface area contributed by atoms with Crippen molar-refractivity contribution in [3.63, 3.8) is 0 Å². The molecule has 4 heteroatoms. The number of aromatic nitrogens is 1. The van der Waals surface area contributed by atoms with Gasteiger partial charge in [-0.2, -0.15) is 0 Å². The Morgan fingerprint density at radius 2 is 2.14 bits per heavy atom. The molecule has 0 N–H and O–H groups in total. The second-order valence-electron chi connectivity index (χ2n) is 6.98. The number of morpholine rings is 1. The van der Waals surface area contributed by atoms with Crippen LogP contribution in [0.15, 0.2) is 12.1 Å². The second-order valence-corrected chi connectivity index (χ2v) is 6.98. The van der Waals surface area contributed by atoms with Gasteiger partial charge >= 0.3 is 0 Å². The van der Waals surface area contributed by atoms with Crippen LogP contribution in [0.2, 0.25) is 0 Å². The predicted molar refractivity (Wildman–Crippen MR) is 89.2 cm³/mol. The van der Waals surface area contributed by atoms with Crippen LogP contribution in [0.25, 0.3) is 0 Å². The van der Waals surface area contributed by atoms with Crippen molar-refractivity contribution in [1.29, 1.82) is 0 Å². The number of ether oxygens (including phenoxy) is 1. The first kappa shape index (κ1) is 15.9. The lowest BCUT2D eigenvalue weighted by Gasteiger charge is -2.36. The molecule has 22 heavy (non-hydrogen) atoms. The monoisotopic (exact) mass is 303 g/mol. The van der Waals surface area contributed by atoms with Gasteiger partial charge in [-0.25, -0.2) is 0 Å². The van der Waals surface area contributed by atoms with Gasteiger partial charge in [0, 0.05) is 56.6 Å². The maximum Gasteiger partial charge on any atom is 0.0619 e. The van der Waals surface area contributed by atoms with E-state index in [2.05, 4.69) is 42.7 Å². The summed E-state index contributed by atoms with van der Waals surface area (Å²) in [6.07, 6.45) is 1.09. The molecule has 0 radical (unpaired) electrons. The highest BCUT2D eigenvalue weighted by atomic mass is 16.5. The summed E-state index contributed by atoms with van der Waals surface area (Å²) in [6.45, 7) is 14.0. The topological polar surface area (TPSA) is 28.6 Å². The summed E-state index contributed by atoms with van der Waals surface area (Å²) in [5.74, 6) is 0.520. The molecule has 0 aromatic carbocycles. The van der Waals surface area contributed by atoms with Crippen LogP contribution in [-0.4, -0.2) is 60.2 Å². The van der Waals surface area contributed by atoms with E-state index in [0.29, 0.717) is 12.0 Å². The van der Waals surface area contributed by atoms with E-state index in [1.54, 1.807) is 0 Å². The van der Waals surface area contributed by atoms with Crippen molar-refractivity contribution in [2.75, 3.05) is 39.4 Å². The molecule has 3 heterocycles. The van der Waals surface area contributed by atoms with Gasteiger partial charge in [-0.15, -0.1) is 0 Å². The van der Waals surface area contributed by atoms with Crippen LogP contribution in [-0.2, 0) is 17.7 Å². The maximum atomic E-state index is 5.52. The zero-order valence-corrected chi connectivity index (χ0v) is 14.2. The van der Waals surface area contributed by atoms with Crippen LogP contribution in [0.3, 0.4) is 0 Å². The number of hydrogen-bond donors (Lipinski definition) is 0. The Morgan fingerprint density at radius 3 is 2.91 bits per heavy atom. The third-order valence-electron chi connectivity index (χ3n) is 4.95. The molecule has 1 fully saturated rings. The van der Waals surface area contributed by atoms with Crippen LogP contribution in [0.1, 0.15) is 43.6 Å². The SMILES string of the molecule is CC(C)c1ccc2c(n1)CCN(CCN1CCOCC1C)C2. The minimum atomic E-state index is 0.520. The Bertz CT molecular complexity index is 503. The Labute approximate surface area is 134 Å². The normalized spacial score (nSPS) is 23.7. The standard InChI is InChI=1S/C18H29N3O/c1-14(2)17-5-4-16-12-20(7-6-18(16)19-17)8-9-21-10-11-22-13-15(21)3/h4-5,14-15H,6-13H2,1-3H3. The van der Waals surface area contributed by atoms with Crippen molar-refractivity contribution in [2.24, 2.45) is 0 Å². The Kier molecular flexibility index (Phi) is 5.11. The van der Waals surface area contributed by atoms with Crippen LogP contribution < -0.4 is 0 Å². The number of rotatable bonds is 4. The van der Waals surface area contributed by atoms with Gasteiger partial charge in [0.2, 0.25) is 0 Å². The molecule has 0 bridgehead atoms. The minimum absolute atomic E-state index is 0.520. The summed E-state index contributed by atoms with van der Waals surface area (Å²) < 4.78 is 5.52. The fraction of sp³-hybridized carbons (Fsp3) is 0.722. The number of hydrogen-bond acceptors (Lipinski definition) is 4. The largest absolute Gasteiger partial charge is 0.379 e. The van der Waals surface area contributed by atoms with E-state index < -0.39 is 0 Å². The molecule has 1 aromatic heterocycles. The van der Waals surface area contributed by atoms with Crippen LogP contribution in [0.4, 0.5) is 0 Å². The van der Waals surface area contributed by atoms with Crippen molar-refractivity contribution in [3.8, 4) is 0 Å². The predicted octanol–water partition coefficient (Wildman–Crippen LogP) is 2.28. The molecule has 2 aliphatic heterocycles. The van der Waals surface area contributed by atoms with E-state index in [1.807, 2.05) is 0 Å². The fourth-order valence-electron chi connectivity index (χ4n) is 3.37. The minimum Gasteiger partial charge on any atom is -0.379 e. The maximum absolute atomic E-state index is 5.52. The summed E-state index contributed by atoms with van der Waals surface area (Å²) in [7, 11) is 0. The molecule has 1 aromatic rings. The summed E-state index contributed by atoms with van der Waals surface area (Å²) >= 11 is 0. The molecule has 2 aliphatic rings. The molecule has 1 saturated heterocycles. The summed E-state index contributed by atoms with van der Waals surface area (Å²) in [5, 5.41) is 0. The Hall–Kier alpha value is -0.970. The van der Waals surface area contributed by atoms with E-state index in [4.69, 9.17) is 9.72 Å². The quantitative estimate of drug-likeness (QED) is 0.853. The highest BCUT2D eigenvalue weighted by molar-refractivity contribution is 5.26. The van der Waals surface area contributed by atoms with Crippen molar-refractivity contribution in [1.82, 2.24) is 14.8 Å². The lowest BCUT2D eigenvalue weighted by Crippen LogP contribution is -2.47. The summed E-state index contributed by atoms with van der Waals surface area (Å²) in [6, 6.07) is 5.05. The first-order valence-corrected chi connectivity index (χ1v) is 8.66. The van der Waals surface area contributed by atoms with Crippen LogP contribution in [0.5, 0.6) is 0 Å². The number of pyridine rings is 1. The van der Waals surface area contributed by atoms with Gasteiger partial charge in [0.1, 0.15) is 0 Å². The van der Waals surface area contributed by atoms with E-state index in [1.165, 1.54) is 17.0 Å². The van der Waals surface area contributed by atoms with Crippen molar-refractivity contribution in [2.45, 2.75) is 45.7 Å². The number of fused-ring (bicyclic) bond motifs is 1. The van der Waals surface area contributed by atoms with E-state index in [-0.39, 0.29) is 0 Å². The molecule has 0 amide bonds. The van der Waals surface area contributed by atoms with E-state index >= 15 is 0 Å². The highest BCUT2D eigenvalue weighted by Crippen LogP contribution is 2.21. The van der Waals surface area contributed by atoms with E-state index in [9.17, 15) is 0 Å². The van der Waals surface area contributed by atoms with Gasteiger partial charge in [0.25, 0.3) is 0 Å². The Balaban J connectivity index is 1.55. The third kappa shape index (κ3) is 3.67. The summed E-state index contributed by atoms with van der Waals surface area (Å²) in [4.78, 5) is 9.98. The van der Waals surface area contributed by atoms with Gasteiger partial charge in [0.05, 0.1) is 13.2 Å². The van der Waals surface area contributed by atoms with Crippen LogP contribution in [0, 0.1) is 0 Å². The molecular formula is C18H29N3O. The highest BCUT2D eigenvalue weighted by Gasteiger charge is 2.22. The van der Waals surface area contributed by atoms with Gasteiger partial charge in [-0.05, 0) is 24.5 Å². The van der Waals surface area contributed by atoms with Crippen molar-refractivity contribution < 1.29 is 4.74 Å². The lowest BCUT2D eigenvalue weighted by molar-refractivity contribution is -0.00455. The van der Waals surface area contributed by atoms with Crippen LogP contribution >= 0.6 is 0 Å². The average molecular weight is 303 g/mol. The molecule has 0 spiro atoms. The smallest absolute Gasteiger partial charge is 0.0619 e. The lowest BCUT2D eigenvalue weighted by atomic mass is 10.0. The molecular weight excluding hydrogens is 274 g/mol. The van der Waals surface area contributed by atoms with E-state index in [0.717, 1.165) is 52.4 Å². The van der Waals surface area contributed by atoms with Gasteiger partial charge < -0.3 is 4.74 Å². The van der Waals surface area contributed by atoms with Gasteiger partial charge in [-0.3, -0.25) is 14.8 Å². The zero-order chi connectivity index (χ0) is 15.5. The summed E-state index contributed by atoms with van der Waals surface area (Å²) in [5.41, 5.74) is 3.97. The molecule has 0 saturated carbocycles. The Morgan fingerprint density at radius 1 is 1.27 bits per heavy atom. The molecule has 4 nitrogen and oxygen atoms in total. The van der Waals surface area contributed by atoms with Crippen molar-refractivity contribution in [3.05, 3.63) is 29.1 Å². The first-order valence-electron chi connectivity index (χ1n) is 8.66. The molecule has 3 rings (SSSR count). The third-order valence-corrected chi connectivity index (χ3v) is 4.95. The molecule has 122 valence electrons. The van der Waals surface area contributed by atoms with Crippen molar-refractivity contribution >= 4 is 0 Å². The van der Waals surface area contributed by atoms with Gasteiger partial charge in [0.15, 0.2) is 0 Å². The molecule has 0 aliphatic carbocycles. The number of nitrogens with zero attached hydrogens (tertiary/aromatic N) is 3. The zero-order valence-electron chi connectivity index (χ0n) is 14.2. The molecule has 1 atom stereocenters. The second kappa shape index (κ2) is 7.07. The fourth-order valence-corrected chi connectivity index (χ4v) is 3.37. The first-order chi connectivity index (χ1) is 10.6. The average Bonchev–Trinajstić information content (AvgIpc) is 2.53.